The number of rotatable bonds is 7. The quantitative estimate of drug-likeness (QED) is 0.496. The van der Waals surface area contributed by atoms with Crippen LogP contribution in [-0.4, -0.2) is 23.9 Å². The maximum atomic E-state index is 12.8. The Morgan fingerprint density at radius 1 is 0.750 bits per heavy atom. The lowest BCUT2D eigenvalue weighted by atomic mass is 9.83. The SMILES string of the molecule is O=C1c2ccccc2C(=O)c2c(NCCCCCCS)cccc21. The molecule has 1 aliphatic carbocycles. The average Bonchev–Trinajstić information content (AvgIpc) is 2.62. The Labute approximate surface area is 147 Å². The molecule has 0 saturated heterocycles. The third kappa shape index (κ3) is 3.24. The van der Waals surface area contributed by atoms with E-state index in [2.05, 4.69) is 17.9 Å². The molecule has 2 aromatic carbocycles. The number of carbonyl (C=O) groups excluding carboxylic acids is 2. The molecule has 0 radical (unpaired) electrons. The number of hydrogen-bond donors (Lipinski definition) is 2. The molecular formula is C20H21NO2S. The summed E-state index contributed by atoms with van der Waals surface area (Å²) in [5, 5.41) is 3.34. The fourth-order valence-electron chi connectivity index (χ4n) is 3.11. The fraction of sp³-hybridized carbons (Fsp3) is 0.300. The molecule has 1 N–H and O–H groups in total. The zero-order valence-electron chi connectivity index (χ0n) is 13.5. The summed E-state index contributed by atoms with van der Waals surface area (Å²) in [5.74, 6) is 0.784. The first-order valence-corrected chi connectivity index (χ1v) is 9.03. The molecule has 3 rings (SSSR count). The topological polar surface area (TPSA) is 46.2 Å². The Kier molecular flexibility index (Phi) is 5.36. The van der Waals surface area contributed by atoms with Crippen molar-refractivity contribution in [1.29, 1.82) is 0 Å². The summed E-state index contributed by atoms with van der Waals surface area (Å²) < 4.78 is 0. The number of unbranched alkanes of at least 4 members (excludes halogenated alkanes) is 3. The lowest BCUT2D eigenvalue weighted by Crippen LogP contribution is -2.22. The summed E-state index contributed by atoms with van der Waals surface area (Å²) in [7, 11) is 0. The van der Waals surface area contributed by atoms with Gasteiger partial charge in [-0.25, -0.2) is 0 Å². The van der Waals surface area contributed by atoms with E-state index in [-0.39, 0.29) is 11.6 Å². The number of carbonyl (C=O) groups is 2. The average molecular weight is 339 g/mol. The number of ketones is 2. The van der Waals surface area contributed by atoms with Gasteiger partial charge in [0.1, 0.15) is 0 Å². The molecule has 0 aromatic heterocycles. The molecule has 0 atom stereocenters. The van der Waals surface area contributed by atoms with E-state index >= 15 is 0 Å². The van der Waals surface area contributed by atoms with Crippen molar-refractivity contribution in [2.75, 3.05) is 17.6 Å². The van der Waals surface area contributed by atoms with Crippen LogP contribution in [0.25, 0.3) is 0 Å². The molecular weight excluding hydrogens is 318 g/mol. The first kappa shape index (κ1) is 16.8. The highest BCUT2D eigenvalue weighted by Crippen LogP contribution is 2.31. The highest BCUT2D eigenvalue weighted by molar-refractivity contribution is 7.80. The molecule has 124 valence electrons. The molecule has 24 heavy (non-hydrogen) atoms. The number of thiol groups is 1. The standard InChI is InChI=1S/C20H21NO2S/c22-19-14-8-3-4-9-15(14)20(23)18-16(19)10-7-11-17(18)21-12-5-1-2-6-13-24/h3-4,7-11,21,24H,1-2,5-6,12-13H2. The lowest BCUT2D eigenvalue weighted by molar-refractivity contribution is 0.0979. The van der Waals surface area contributed by atoms with Crippen LogP contribution in [0.3, 0.4) is 0 Å². The van der Waals surface area contributed by atoms with Gasteiger partial charge in [-0.3, -0.25) is 9.59 Å². The zero-order valence-corrected chi connectivity index (χ0v) is 14.4. The molecule has 0 bridgehead atoms. The second-order valence-corrected chi connectivity index (χ2v) is 6.44. The lowest BCUT2D eigenvalue weighted by Gasteiger charge is -2.20. The van der Waals surface area contributed by atoms with Crippen LogP contribution in [0, 0.1) is 0 Å². The Morgan fingerprint density at radius 3 is 2.17 bits per heavy atom. The molecule has 4 heteroatoms. The monoisotopic (exact) mass is 339 g/mol. The van der Waals surface area contributed by atoms with Gasteiger partial charge in [-0.05, 0) is 24.7 Å². The van der Waals surface area contributed by atoms with Crippen molar-refractivity contribution < 1.29 is 9.59 Å². The minimum absolute atomic E-state index is 0.0710. The molecule has 0 saturated carbocycles. The molecule has 1 aliphatic rings. The Bertz CT molecular complexity index is 770. The third-order valence-electron chi connectivity index (χ3n) is 4.35. The first-order chi connectivity index (χ1) is 11.7. The van der Waals surface area contributed by atoms with Crippen LogP contribution in [0.5, 0.6) is 0 Å². The van der Waals surface area contributed by atoms with E-state index in [0.29, 0.717) is 22.3 Å². The van der Waals surface area contributed by atoms with Gasteiger partial charge < -0.3 is 5.32 Å². The van der Waals surface area contributed by atoms with Crippen LogP contribution in [0.4, 0.5) is 5.69 Å². The minimum Gasteiger partial charge on any atom is -0.384 e. The highest BCUT2D eigenvalue weighted by Gasteiger charge is 2.31. The molecule has 2 aromatic rings. The molecule has 0 spiro atoms. The second-order valence-electron chi connectivity index (χ2n) is 6.00. The van der Waals surface area contributed by atoms with E-state index in [1.54, 1.807) is 30.3 Å². The van der Waals surface area contributed by atoms with Crippen molar-refractivity contribution in [3.8, 4) is 0 Å². The summed E-state index contributed by atoms with van der Waals surface area (Å²) in [4.78, 5) is 25.5. The molecule has 0 amide bonds. The van der Waals surface area contributed by atoms with E-state index in [9.17, 15) is 9.59 Å². The van der Waals surface area contributed by atoms with E-state index in [0.717, 1.165) is 37.2 Å². The number of benzene rings is 2. The molecule has 0 heterocycles. The second kappa shape index (κ2) is 7.67. The van der Waals surface area contributed by atoms with Gasteiger partial charge in [-0.1, -0.05) is 49.2 Å². The van der Waals surface area contributed by atoms with E-state index < -0.39 is 0 Å². The van der Waals surface area contributed by atoms with Crippen LogP contribution in [-0.2, 0) is 0 Å². The van der Waals surface area contributed by atoms with Crippen LogP contribution in [0.15, 0.2) is 42.5 Å². The predicted octanol–water partition coefficient (Wildman–Crippen LogP) is 4.36. The van der Waals surface area contributed by atoms with Crippen LogP contribution >= 0.6 is 12.6 Å². The van der Waals surface area contributed by atoms with Crippen LogP contribution in [0.2, 0.25) is 0 Å². The van der Waals surface area contributed by atoms with Crippen molar-refractivity contribution in [1.82, 2.24) is 0 Å². The van der Waals surface area contributed by atoms with Gasteiger partial charge >= 0.3 is 0 Å². The third-order valence-corrected chi connectivity index (χ3v) is 4.67. The van der Waals surface area contributed by atoms with E-state index in [1.165, 1.54) is 6.42 Å². The normalized spacial score (nSPS) is 12.7. The van der Waals surface area contributed by atoms with Crippen molar-refractivity contribution in [3.63, 3.8) is 0 Å². The van der Waals surface area contributed by atoms with Crippen LogP contribution < -0.4 is 5.32 Å². The van der Waals surface area contributed by atoms with E-state index in [4.69, 9.17) is 0 Å². The number of anilines is 1. The van der Waals surface area contributed by atoms with Gasteiger partial charge in [0, 0.05) is 28.9 Å². The first-order valence-electron chi connectivity index (χ1n) is 8.40. The number of nitrogens with one attached hydrogen (secondary N) is 1. The van der Waals surface area contributed by atoms with Crippen molar-refractivity contribution in [2.45, 2.75) is 25.7 Å². The summed E-state index contributed by atoms with van der Waals surface area (Å²) >= 11 is 4.21. The molecule has 0 unspecified atom stereocenters. The maximum Gasteiger partial charge on any atom is 0.196 e. The largest absolute Gasteiger partial charge is 0.384 e. The number of hydrogen-bond acceptors (Lipinski definition) is 4. The predicted molar refractivity (Wildman–Crippen MR) is 101 cm³/mol. The summed E-state index contributed by atoms with van der Waals surface area (Å²) in [6.45, 7) is 0.798. The Hall–Kier alpha value is -2.07. The highest BCUT2D eigenvalue weighted by atomic mass is 32.1. The van der Waals surface area contributed by atoms with Gasteiger partial charge in [0.05, 0.1) is 5.56 Å². The summed E-state index contributed by atoms with van der Waals surface area (Å²) in [6.07, 6.45) is 4.48. The van der Waals surface area contributed by atoms with Gasteiger partial charge in [0.25, 0.3) is 0 Å². The molecule has 3 nitrogen and oxygen atoms in total. The van der Waals surface area contributed by atoms with Gasteiger partial charge in [0.15, 0.2) is 11.6 Å². The summed E-state index contributed by atoms with van der Waals surface area (Å²) in [6, 6.07) is 12.5. The van der Waals surface area contributed by atoms with E-state index in [1.807, 2.05) is 12.1 Å². The minimum atomic E-state index is -0.0716. The van der Waals surface area contributed by atoms with Gasteiger partial charge in [-0.15, -0.1) is 0 Å². The van der Waals surface area contributed by atoms with Gasteiger partial charge in [-0.2, -0.15) is 12.6 Å². The maximum absolute atomic E-state index is 12.8. The smallest absolute Gasteiger partial charge is 0.196 e. The fourth-order valence-corrected chi connectivity index (χ4v) is 3.33. The zero-order chi connectivity index (χ0) is 16.9. The van der Waals surface area contributed by atoms with Crippen molar-refractivity contribution in [3.05, 3.63) is 64.7 Å². The summed E-state index contributed by atoms with van der Waals surface area (Å²) in [5.41, 5.74) is 2.77. The molecule has 0 aliphatic heterocycles. The Morgan fingerprint density at radius 2 is 1.42 bits per heavy atom. The van der Waals surface area contributed by atoms with Crippen molar-refractivity contribution >= 4 is 29.9 Å². The van der Waals surface area contributed by atoms with Gasteiger partial charge in [0.2, 0.25) is 0 Å². The van der Waals surface area contributed by atoms with Crippen molar-refractivity contribution in [2.24, 2.45) is 0 Å². The van der Waals surface area contributed by atoms with Crippen LogP contribution in [0.1, 0.15) is 57.5 Å². The molecule has 0 fully saturated rings. The number of fused-ring (bicyclic) bond motifs is 2. The Balaban J connectivity index is 1.80.